The van der Waals surface area contributed by atoms with Crippen LogP contribution in [0.5, 0.6) is 11.5 Å². The highest BCUT2D eigenvalue weighted by Gasteiger charge is 2.13. The number of aromatic nitrogens is 1. The lowest BCUT2D eigenvalue weighted by atomic mass is 10.1. The maximum atomic E-state index is 11.9. The number of oxazole rings is 1. The number of esters is 1. The number of hydrogen-bond acceptors (Lipinski definition) is 7. The third-order valence-electron chi connectivity index (χ3n) is 3.88. The smallest absolute Gasteiger partial charge is 0.344 e. The van der Waals surface area contributed by atoms with Crippen LogP contribution in [0.15, 0.2) is 59.1 Å². The van der Waals surface area contributed by atoms with Crippen LogP contribution < -0.4 is 9.47 Å². The van der Waals surface area contributed by atoms with Crippen LogP contribution in [0, 0.1) is 0 Å². The van der Waals surface area contributed by atoms with Crippen molar-refractivity contribution in [2.75, 3.05) is 13.7 Å². The number of rotatable bonds is 8. The number of ether oxygens (including phenoxy) is 3. The van der Waals surface area contributed by atoms with Crippen molar-refractivity contribution in [3.05, 3.63) is 66.2 Å². The fourth-order valence-corrected chi connectivity index (χ4v) is 2.44. The van der Waals surface area contributed by atoms with Gasteiger partial charge in [0.1, 0.15) is 0 Å². The van der Waals surface area contributed by atoms with E-state index in [2.05, 4.69) is 4.98 Å². The molecule has 7 heteroatoms. The maximum absolute atomic E-state index is 11.9. The van der Waals surface area contributed by atoms with E-state index in [1.807, 2.05) is 30.3 Å². The summed E-state index contributed by atoms with van der Waals surface area (Å²) in [7, 11) is 1.46. The fraction of sp³-hybridized carbons (Fsp3) is 0.190. The summed E-state index contributed by atoms with van der Waals surface area (Å²) in [6.07, 6.45) is 1.58. The highest BCUT2D eigenvalue weighted by molar-refractivity contribution is 5.94. The first-order chi connectivity index (χ1) is 13.6. The second-order valence-corrected chi connectivity index (χ2v) is 5.86. The summed E-state index contributed by atoms with van der Waals surface area (Å²) in [6, 6.07) is 14.2. The number of ketones is 1. The molecule has 0 fully saturated rings. The molecule has 0 unspecified atom stereocenters. The van der Waals surface area contributed by atoms with Crippen LogP contribution in [-0.2, 0) is 16.1 Å². The van der Waals surface area contributed by atoms with Gasteiger partial charge in [0.25, 0.3) is 0 Å². The molecular formula is C21H19NO6. The summed E-state index contributed by atoms with van der Waals surface area (Å²) in [5.74, 6) is 0.906. The van der Waals surface area contributed by atoms with Gasteiger partial charge in [-0.2, -0.15) is 0 Å². The topological polar surface area (TPSA) is 87.9 Å². The molecule has 0 atom stereocenters. The summed E-state index contributed by atoms with van der Waals surface area (Å²) in [5, 5.41) is 0. The van der Waals surface area contributed by atoms with E-state index in [0.29, 0.717) is 22.8 Å². The molecule has 0 aliphatic rings. The molecule has 0 saturated heterocycles. The summed E-state index contributed by atoms with van der Waals surface area (Å²) in [5.41, 5.74) is 1.38. The van der Waals surface area contributed by atoms with E-state index in [1.54, 1.807) is 24.4 Å². The van der Waals surface area contributed by atoms with Crippen molar-refractivity contribution in [3.8, 4) is 22.8 Å². The third kappa shape index (κ3) is 4.76. The summed E-state index contributed by atoms with van der Waals surface area (Å²) in [4.78, 5) is 27.4. The first-order valence-electron chi connectivity index (χ1n) is 8.54. The van der Waals surface area contributed by atoms with E-state index in [4.69, 9.17) is 18.6 Å². The number of Topliss-reactive ketones (excluding diaryl/α,β-unsaturated/α-hetero) is 1. The van der Waals surface area contributed by atoms with Crippen LogP contribution in [-0.4, -0.2) is 30.5 Å². The van der Waals surface area contributed by atoms with Gasteiger partial charge < -0.3 is 18.6 Å². The molecule has 0 amide bonds. The molecule has 0 spiro atoms. The van der Waals surface area contributed by atoms with Gasteiger partial charge in [0.15, 0.2) is 36.3 Å². The van der Waals surface area contributed by atoms with E-state index in [1.165, 1.54) is 14.0 Å². The van der Waals surface area contributed by atoms with Crippen LogP contribution in [0.25, 0.3) is 11.3 Å². The van der Waals surface area contributed by atoms with Gasteiger partial charge in [-0.05, 0) is 25.1 Å². The Morgan fingerprint density at radius 3 is 2.57 bits per heavy atom. The largest absolute Gasteiger partial charge is 0.493 e. The number of carbonyl (C=O) groups is 2. The summed E-state index contributed by atoms with van der Waals surface area (Å²) in [6.45, 7) is 1.04. The minimum atomic E-state index is -0.586. The van der Waals surface area contributed by atoms with Gasteiger partial charge in [0.05, 0.1) is 13.3 Å². The standard InChI is InChI=1S/C21H19NO6/c1-14(23)16-8-9-17(18(10-16)25-2)26-13-21(24)27-12-20-22-11-19(28-20)15-6-4-3-5-7-15/h3-11H,12-13H2,1-2H3. The zero-order chi connectivity index (χ0) is 19.9. The van der Waals surface area contributed by atoms with Crippen molar-refractivity contribution in [1.82, 2.24) is 4.98 Å². The maximum Gasteiger partial charge on any atom is 0.344 e. The van der Waals surface area contributed by atoms with Crippen molar-refractivity contribution in [1.29, 1.82) is 0 Å². The van der Waals surface area contributed by atoms with Crippen molar-refractivity contribution in [2.24, 2.45) is 0 Å². The van der Waals surface area contributed by atoms with Gasteiger partial charge in [0, 0.05) is 11.1 Å². The van der Waals surface area contributed by atoms with Gasteiger partial charge in [-0.15, -0.1) is 0 Å². The molecule has 7 nitrogen and oxygen atoms in total. The second kappa shape index (κ2) is 8.85. The SMILES string of the molecule is COc1cc(C(C)=O)ccc1OCC(=O)OCc1ncc(-c2ccccc2)o1. The Morgan fingerprint density at radius 2 is 1.86 bits per heavy atom. The van der Waals surface area contributed by atoms with Crippen LogP contribution in [0.2, 0.25) is 0 Å². The molecule has 0 aliphatic carbocycles. The fourth-order valence-electron chi connectivity index (χ4n) is 2.44. The lowest BCUT2D eigenvalue weighted by Gasteiger charge is -2.11. The van der Waals surface area contributed by atoms with E-state index < -0.39 is 5.97 Å². The van der Waals surface area contributed by atoms with E-state index in [-0.39, 0.29) is 24.9 Å². The molecular weight excluding hydrogens is 362 g/mol. The third-order valence-corrected chi connectivity index (χ3v) is 3.88. The summed E-state index contributed by atoms with van der Waals surface area (Å²) < 4.78 is 21.3. The molecule has 0 N–H and O–H groups in total. The van der Waals surface area contributed by atoms with Gasteiger partial charge in [-0.1, -0.05) is 30.3 Å². The Balaban J connectivity index is 1.53. The normalized spacial score (nSPS) is 10.4. The average Bonchev–Trinajstić information content (AvgIpc) is 3.20. The average molecular weight is 381 g/mol. The molecule has 1 aromatic heterocycles. The number of hydrogen-bond donors (Lipinski definition) is 0. The van der Waals surface area contributed by atoms with Crippen molar-refractivity contribution < 1.29 is 28.2 Å². The minimum Gasteiger partial charge on any atom is -0.493 e. The predicted octanol–water partition coefficient (Wildman–Crippen LogP) is 3.68. The Labute approximate surface area is 161 Å². The van der Waals surface area contributed by atoms with Crippen LogP contribution in [0.4, 0.5) is 0 Å². The molecule has 2 aromatic carbocycles. The molecule has 3 aromatic rings. The molecule has 0 radical (unpaired) electrons. The minimum absolute atomic E-state index is 0.0925. The number of carbonyl (C=O) groups excluding carboxylic acids is 2. The Kier molecular flexibility index (Phi) is 6.06. The number of methoxy groups -OCH3 is 1. The van der Waals surface area contributed by atoms with E-state index in [9.17, 15) is 9.59 Å². The van der Waals surface area contributed by atoms with Crippen molar-refractivity contribution in [2.45, 2.75) is 13.5 Å². The van der Waals surface area contributed by atoms with Gasteiger partial charge in [-0.3, -0.25) is 4.79 Å². The lowest BCUT2D eigenvalue weighted by Crippen LogP contribution is -2.15. The molecule has 144 valence electrons. The van der Waals surface area contributed by atoms with Crippen LogP contribution in [0.3, 0.4) is 0 Å². The molecule has 28 heavy (non-hydrogen) atoms. The Morgan fingerprint density at radius 1 is 1.07 bits per heavy atom. The monoisotopic (exact) mass is 381 g/mol. The highest BCUT2D eigenvalue weighted by Crippen LogP contribution is 2.28. The Hall–Kier alpha value is -3.61. The quantitative estimate of drug-likeness (QED) is 0.434. The number of nitrogens with zero attached hydrogens (tertiary/aromatic N) is 1. The number of benzene rings is 2. The van der Waals surface area contributed by atoms with Crippen molar-refractivity contribution in [3.63, 3.8) is 0 Å². The molecule has 3 rings (SSSR count). The Bertz CT molecular complexity index is 964. The zero-order valence-electron chi connectivity index (χ0n) is 15.5. The molecule has 0 saturated carbocycles. The molecule has 0 bridgehead atoms. The van der Waals surface area contributed by atoms with Crippen LogP contribution >= 0.6 is 0 Å². The predicted molar refractivity (Wildman–Crippen MR) is 100 cm³/mol. The van der Waals surface area contributed by atoms with Crippen molar-refractivity contribution >= 4 is 11.8 Å². The molecule has 0 aliphatic heterocycles. The van der Waals surface area contributed by atoms with Gasteiger partial charge >= 0.3 is 5.97 Å². The molecule has 1 heterocycles. The van der Waals surface area contributed by atoms with E-state index >= 15 is 0 Å². The van der Waals surface area contributed by atoms with E-state index in [0.717, 1.165) is 5.56 Å². The first kappa shape index (κ1) is 19.2. The second-order valence-electron chi connectivity index (χ2n) is 5.86. The highest BCUT2D eigenvalue weighted by atomic mass is 16.6. The summed E-state index contributed by atoms with van der Waals surface area (Å²) >= 11 is 0. The lowest BCUT2D eigenvalue weighted by molar-refractivity contribution is -0.148. The van der Waals surface area contributed by atoms with Crippen LogP contribution in [0.1, 0.15) is 23.2 Å². The van der Waals surface area contributed by atoms with Gasteiger partial charge in [-0.25, -0.2) is 9.78 Å². The van der Waals surface area contributed by atoms with Gasteiger partial charge in [0.2, 0.25) is 5.89 Å². The zero-order valence-corrected chi connectivity index (χ0v) is 15.5. The first-order valence-corrected chi connectivity index (χ1v) is 8.54.